The lowest BCUT2D eigenvalue weighted by Gasteiger charge is -2.26. The van der Waals surface area contributed by atoms with Crippen LogP contribution in [0, 0.1) is 5.82 Å². The molecule has 0 bridgehead atoms. The number of nitrogens with zero attached hydrogens (tertiary/aromatic N) is 1. The Morgan fingerprint density at radius 1 is 1.42 bits per heavy atom. The number of rotatable bonds is 2. The number of benzene rings is 1. The first-order chi connectivity index (χ1) is 8.89. The van der Waals surface area contributed by atoms with E-state index in [-0.39, 0.29) is 10.8 Å². The van der Waals surface area contributed by atoms with Crippen molar-refractivity contribution in [3.8, 4) is 0 Å². The molecule has 5 heteroatoms. The van der Waals surface area contributed by atoms with E-state index in [9.17, 15) is 9.50 Å². The number of hydrogen-bond acceptors (Lipinski definition) is 3. The van der Waals surface area contributed by atoms with Crippen LogP contribution in [-0.2, 0) is 0 Å². The molecule has 104 valence electrons. The van der Waals surface area contributed by atoms with Crippen molar-refractivity contribution in [1.82, 2.24) is 0 Å². The quantitative estimate of drug-likeness (QED) is 0.817. The fourth-order valence-corrected chi connectivity index (χ4v) is 2.65. The molecule has 0 aromatic heterocycles. The number of nitrogens with two attached hydrogens (primary N) is 1. The molecule has 1 heterocycles. The Hall–Kier alpha value is -1.20. The van der Waals surface area contributed by atoms with Gasteiger partial charge in [0.2, 0.25) is 0 Å². The summed E-state index contributed by atoms with van der Waals surface area (Å²) in [6.07, 6.45) is 2.34. The highest BCUT2D eigenvalue weighted by atomic mass is 32.1. The van der Waals surface area contributed by atoms with E-state index < -0.39 is 5.60 Å². The molecule has 0 aliphatic carbocycles. The van der Waals surface area contributed by atoms with Gasteiger partial charge in [-0.25, -0.2) is 4.39 Å². The number of hydrogen-bond donors (Lipinski definition) is 2. The summed E-state index contributed by atoms with van der Waals surface area (Å²) in [6.45, 7) is 3.39. The highest BCUT2D eigenvalue weighted by molar-refractivity contribution is 7.80. The summed E-state index contributed by atoms with van der Waals surface area (Å²) in [6, 6.07) is 4.50. The van der Waals surface area contributed by atoms with Gasteiger partial charge in [-0.15, -0.1) is 0 Å². The normalized spacial score (nSPS) is 24.1. The summed E-state index contributed by atoms with van der Waals surface area (Å²) >= 11 is 4.99. The third-order valence-electron chi connectivity index (χ3n) is 3.63. The Bertz CT molecular complexity index is 490. The Labute approximate surface area is 118 Å². The van der Waals surface area contributed by atoms with Crippen molar-refractivity contribution in [3.63, 3.8) is 0 Å². The third-order valence-corrected chi connectivity index (χ3v) is 3.85. The number of anilines is 1. The summed E-state index contributed by atoms with van der Waals surface area (Å²) in [4.78, 5) is 2.32. The monoisotopic (exact) mass is 282 g/mol. The molecule has 1 unspecified atom stereocenters. The predicted molar refractivity (Wildman–Crippen MR) is 79.0 cm³/mol. The van der Waals surface area contributed by atoms with Crippen LogP contribution in [0.1, 0.15) is 31.7 Å². The van der Waals surface area contributed by atoms with Gasteiger partial charge in [0.25, 0.3) is 0 Å². The SMILES string of the molecule is CC1(O)CCCN(c2ccc(F)cc2C(N)=S)CC1. The van der Waals surface area contributed by atoms with E-state index in [1.165, 1.54) is 12.1 Å². The van der Waals surface area contributed by atoms with Crippen LogP contribution >= 0.6 is 12.2 Å². The summed E-state index contributed by atoms with van der Waals surface area (Å²) in [5, 5.41) is 10.1. The van der Waals surface area contributed by atoms with Gasteiger partial charge in [0.15, 0.2) is 0 Å². The van der Waals surface area contributed by atoms with Crippen molar-refractivity contribution in [2.45, 2.75) is 31.8 Å². The van der Waals surface area contributed by atoms with Gasteiger partial charge >= 0.3 is 0 Å². The van der Waals surface area contributed by atoms with Crippen molar-refractivity contribution in [3.05, 3.63) is 29.6 Å². The topological polar surface area (TPSA) is 49.5 Å². The first kappa shape index (κ1) is 14.2. The molecule has 3 nitrogen and oxygen atoms in total. The minimum absolute atomic E-state index is 0.200. The molecular weight excluding hydrogens is 263 g/mol. The van der Waals surface area contributed by atoms with Gasteiger partial charge in [-0.05, 0) is 44.4 Å². The molecule has 0 radical (unpaired) electrons. The molecule has 1 aromatic rings. The van der Waals surface area contributed by atoms with Crippen LogP contribution in [0.2, 0.25) is 0 Å². The van der Waals surface area contributed by atoms with Crippen molar-refractivity contribution in [2.75, 3.05) is 18.0 Å². The van der Waals surface area contributed by atoms with E-state index in [4.69, 9.17) is 18.0 Å². The molecular formula is C14H19FN2OS. The molecule has 0 spiro atoms. The molecule has 1 saturated heterocycles. The van der Waals surface area contributed by atoms with Crippen LogP contribution < -0.4 is 10.6 Å². The standard InChI is InChI=1S/C14H19FN2OS/c1-14(18)5-2-7-17(8-6-14)12-4-3-10(15)9-11(12)13(16)19/h3-4,9,18H,2,5-8H2,1H3,(H2,16,19). The van der Waals surface area contributed by atoms with Crippen molar-refractivity contribution < 1.29 is 9.50 Å². The maximum Gasteiger partial charge on any atom is 0.124 e. The maximum atomic E-state index is 13.3. The molecule has 1 aromatic carbocycles. The van der Waals surface area contributed by atoms with Crippen LogP contribution in [0.3, 0.4) is 0 Å². The van der Waals surface area contributed by atoms with E-state index >= 15 is 0 Å². The van der Waals surface area contributed by atoms with Crippen molar-refractivity contribution >= 4 is 22.9 Å². The lowest BCUT2D eigenvalue weighted by molar-refractivity contribution is 0.0481. The first-order valence-electron chi connectivity index (χ1n) is 6.46. The molecule has 1 aliphatic rings. The number of halogens is 1. The van der Waals surface area contributed by atoms with Crippen LogP contribution in [-0.4, -0.2) is 28.8 Å². The lowest BCUT2D eigenvalue weighted by atomic mass is 9.98. The van der Waals surface area contributed by atoms with E-state index in [1.54, 1.807) is 6.07 Å². The summed E-state index contributed by atoms with van der Waals surface area (Å²) < 4.78 is 13.3. The molecule has 1 aliphatic heterocycles. The highest BCUT2D eigenvalue weighted by Gasteiger charge is 2.26. The summed E-state index contributed by atoms with van der Waals surface area (Å²) in [7, 11) is 0. The second-order valence-corrected chi connectivity index (χ2v) is 5.80. The fraction of sp³-hybridized carbons (Fsp3) is 0.500. The van der Waals surface area contributed by atoms with Gasteiger partial charge < -0.3 is 15.7 Å². The van der Waals surface area contributed by atoms with E-state index in [2.05, 4.69) is 4.90 Å². The molecule has 1 atom stereocenters. The van der Waals surface area contributed by atoms with Crippen LogP contribution in [0.15, 0.2) is 18.2 Å². The van der Waals surface area contributed by atoms with E-state index in [0.29, 0.717) is 18.5 Å². The van der Waals surface area contributed by atoms with Crippen LogP contribution in [0.5, 0.6) is 0 Å². The maximum absolute atomic E-state index is 13.3. The van der Waals surface area contributed by atoms with Gasteiger partial charge in [0.05, 0.1) is 5.60 Å². The minimum atomic E-state index is -0.627. The molecule has 0 amide bonds. The highest BCUT2D eigenvalue weighted by Crippen LogP contribution is 2.28. The average Bonchev–Trinajstić information content (AvgIpc) is 2.50. The van der Waals surface area contributed by atoms with E-state index in [1.807, 2.05) is 6.92 Å². The Morgan fingerprint density at radius 2 is 2.16 bits per heavy atom. The molecule has 2 rings (SSSR count). The molecule has 19 heavy (non-hydrogen) atoms. The first-order valence-corrected chi connectivity index (χ1v) is 6.86. The second-order valence-electron chi connectivity index (χ2n) is 5.36. The van der Waals surface area contributed by atoms with Gasteiger partial charge in [-0.2, -0.15) is 0 Å². The smallest absolute Gasteiger partial charge is 0.124 e. The fourth-order valence-electron chi connectivity index (χ4n) is 2.49. The van der Waals surface area contributed by atoms with Crippen molar-refractivity contribution in [1.29, 1.82) is 0 Å². The Balaban J connectivity index is 2.29. The Kier molecular flexibility index (Phi) is 4.06. The zero-order chi connectivity index (χ0) is 14.0. The predicted octanol–water partition coefficient (Wildman–Crippen LogP) is 2.20. The average molecular weight is 282 g/mol. The van der Waals surface area contributed by atoms with Gasteiger partial charge in [-0.1, -0.05) is 12.2 Å². The second kappa shape index (κ2) is 5.43. The summed E-state index contributed by atoms with van der Waals surface area (Å²) in [5.41, 5.74) is 6.46. The van der Waals surface area contributed by atoms with E-state index in [0.717, 1.165) is 25.1 Å². The summed E-state index contributed by atoms with van der Waals surface area (Å²) in [5.74, 6) is -0.339. The van der Waals surface area contributed by atoms with Crippen LogP contribution in [0.4, 0.5) is 10.1 Å². The van der Waals surface area contributed by atoms with Gasteiger partial charge in [0.1, 0.15) is 10.8 Å². The number of aliphatic hydroxyl groups is 1. The molecule has 0 saturated carbocycles. The molecule has 3 N–H and O–H groups in total. The molecule has 1 fully saturated rings. The zero-order valence-electron chi connectivity index (χ0n) is 11.0. The lowest BCUT2D eigenvalue weighted by Crippen LogP contribution is -2.29. The van der Waals surface area contributed by atoms with Crippen LogP contribution in [0.25, 0.3) is 0 Å². The zero-order valence-corrected chi connectivity index (χ0v) is 11.8. The minimum Gasteiger partial charge on any atom is -0.390 e. The van der Waals surface area contributed by atoms with Crippen molar-refractivity contribution in [2.24, 2.45) is 5.73 Å². The Morgan fingerprint density at radius 3 is 2.84 bits per heavy atom. The number of thiocarbonyl (C=S) groups is 1. The largest absolute Gasteiger partial charge is 0.390 e. The van der Waals surface area contributed by atoms with Gasteiger partial charge in [-0.3, -0.25) is 0 Å². The third kappa shape index (κ3) is 3.42. The van der Waals surface area contributed by atoms with Gasteiger partial charge in [0, 0.05) is 24.3 Å².